The molecule has 12 heteroatoms. The van der Waals surface area contributed by atoms with E-state index in [2.05, 4.69) is 10.6 Å². The molecule has 0 bridgehead atoms. The summed E-state index contributed by atoms with van der Waals surface area (Å²) in [6, 6.07) is 9.10. The van der Waals surface area contributed by atoms with E-state index in [-0.39, 0.29) is 25.1 Å². The van der Waals surface area contributed by atoms with Crippen LogP contribution in [0.4, 0.5) is 33.3 Å². The number of nitrogens with one attached hydrogen (secondary N) is 2. The maximum atomic E-state index is 14.7. The molecule has 3 rings (SSSR count). The molecule has 0 spiro atoms. The molecule has 36 heavy (non-hydrogen) atoms. The first-order chi connectivity index (χ1) is 17.1. The largest absolute Gasteiger partial charge is 0.390 e. The number of carbonyl (C=O) groups excluding carboxylic acids is 1. The van der Waals surface area contributed by atoms with Crippen LogP contribution in [-0.4, -0.2) is 56.3 Å². The van der Waals surface area contributed by atoms with E-state index in [1.165, 1.54) is 24.3 Å². The Balaban J connectivity index is 1.69. The Bertz CT molecular complexity index is 1110. The molecule has 6 nitrogen and oxygen atoms in total. The average Bonchev–Trinajstić information content (AvgIpc) is 2.84. The van der Waals surface area contributed by atoms with Crippen LogP contribution in [0.2, 0.25) is 5.02 Å². The zero-order valence-electron chi connectivity index (χ0n) is 19.3. The molecule has 2 aromatic carbocycles. The smallest absolute Gasteiger partial charge is 0.367 e. The summed E-state index contributed by atoms with van der Waals surface area (Å²) in [6.07, 6.45) is -4.89. The first kappa shape index (κ1) is 27.6. The molecule has 0 unspecified atom stereocenters. The van der Waals surface area contributed by atoms with Crippen LogP contribution in [-0.2, 0) is 6.54 Å². The van der Waals surface area contributed by atoms with Gasteiger partial charge in [-0.25, -0.2) is 8.78 Å². The lowest BCUT2D eigenvalue weighted by Crippen LogP contribution is -2.47. The number of rotatable bonds is 9. The summed E-state index contributed by atoms with van der Waals surface area (Å²) in [7, 11) is 0. The minimum absolute atomic E-state index is 0.00259. The summed E-state index contributed by atoms with van der Waals surface area (Å²) in [5, 5.41) is 14.3. The molecule has 2 N–H and O–H groups in total. The molecule has 2 aromatic rings. The monoisotopic (exact) mass is 529 g/mol. The van der Waals surface area contributed by atoms with Crippen molar-refractivity contribution < 1.29 is 26.7 Å². The molecule has 1 saturated heterocycles. The van der Waals surface area contributed by atoms with Crippen molar-refractivity contribution in [2.75, 3.05) is 49.5 Å². The first-order valence-corrected chi connectivity index (χ1v) is 11.7. The minimum atomic E-state index is -4.22. The van der Waals surface area contributed by atoms with Gasteiger partial charge in [0.2, 0.25) is 0 Å². The van der Waals surface area contributed by atoms with Gasteiger partial charge in [-0.2, -0.15) is 18.4 Å². The molecule has 1 aliphatic heterocycles. The van der Waals surface area contributed by atoms with Gasteiger partial charge in [0.25, 0.3) is 5.91 Å². The summed E-state index contributed by atoms with van der Waals surface area (Å²) < 4.78 is 66.7. The predicted molar refractivity (Wildman–Crippen MR) is 127 cm³/mol. The van der Waals surface area contributed by atoms with E-state index in [0.29, 0.717) is 49.1 Å². The topological polar surface area (TPSA) is 71.4 Å². The number of piperazine rings is 1. The second kappa shape index (κ2) is 12.3. The van der Waals surface area contributed by atoms with Gasteiger partial charge in [0.05, 0.1) is 29.4 Å². The van der Waals surface area contributed by atoms with Gasteiger partial charge in [0, 0.05) is 62.8 Å². The van der Waals surface area contributed by atoms with Crippen molar-refractivity contribution in [1.29, 1.82) is 5.26 Å². The molecular weight excluding hydrogens is 505 g/mol. The zero-order chi connectivity index (χ0) is 26.3. The molecule has 0 aliphatic carbocycles. The number of anilines is 2. The number of halogens is 6. The Labute approximate surface area is 210 Å². The number of nitriles is 1. The van der Waals surface area contributed by atoms with Crippen LogP contribution in [0.5, 0.6) is 0 Å². The fourth-order valence-corrected chi connectivity index (χ4v) is 3.99. The average molecular weight is 530 g/mol. The third-order valence-electron chi connectivity index (χ3n) is 5.77. The second-order valence-corrected chi connectivity index (χ2v) is 8.73. The van der Waals surface area contributed by atoms with Crippen molar-refractivity contribution in [3.63, 3.8) is 0 Å². The number of hydrogen-bond acceptors (Lipinski definition) is 5. The third kappa shape index (κ3) is 7.53. The number of amides is 1. The number of alkyl halides is 3. The highest BCUT2D eigenvalue weighted by molar-refractivity contribution is 6.31. The molecule has 0 aromatic heterocycles. The van der Waals surface area contributed by atoms with Gasteiger partial charge in [-0.3, -0.25) is 9.69 Å². The summed E-state index contributed by atoms with van der Waals surface area (Å²) in [6.45, 7) is 1.80. The van der Waals surface area contributed by atoms with Crippen LogP contribution in [0.15, 0.2) is 30.3 Å². The Morgan fingerprint density at radius 2 is 1.81 bits per heavy atom. The minimum Gasteiger partial charge on any atom is -0.367 e. The van der Waals surface area contributed by atoms with E-state index in [0.717, 1.165) is 0 Å². The van der Waals surface area contributed by atoms with E-state index < -0.39 is 35.7 Å². The van der Waals surface area contributed by atoms with E-state index in [4.69, 9.17) is 16.9 Å². The quantitative estimate of drug-likeness (QED) is 0.355. The highest BCUT2D eigenvalue weighted by Crippen LogP contribution is 2.31. The van der Waals surface area contributed by atoms with E-state index in [1.807, 2.05) is 11.0 Å². The maximum absolute atomic E-state index is 14.7. The van der Waals surface area contributed by atoms with Crippen molar-refractivity contribution in [1.82, 2.24) is 10.2 Å². The highest BCUT2D eigenvalue weighted by Gasteiger charge is 2.29. The van der Waals surface area contributed by atoms with Crippen molar-refractivity contribution in [3.05, 3.63) is 58.1 Å². The number of hydrogen-bond donors (Lipinski definition) is 2. The molecule has 0 saturated carbocycles. The van der Waals surface area contributed by atoms with Gasteiger partial charge < -0.3 is 15.5 Å². The molecule has 0 radical (unpaired) electrons. The molecule has 1 aliphatic rings. The standard InChI is InChI=1S/C24H25ClF5N5O/c25-17-3-5-19(20(14-17)35-12-10-34(11-13-35)9-6-24(28,29)30)33-23(36)18-4-2-16(21(26)22(18)27)15-32-8-1-7-31/h2-5,14,32H,1,6,8-13,15H2,(H,33,36). The number of nitrogens with zero attached hydrogens (tertiary/aromatic N) is 3. The Hall–Kier alpha value is -2.94. The van der Waals surface area contributed by atoms with Crippen LogP contribution in [0, 0.1) is 23.0 Å². The van der Waals surface area contributed by atoms with Gasteiger partial charge in [0.1, 0.15) is 0 Å². The van der Waals surface area contributed by atoms with Crippen LogP contribution >= 0.6 is 11.6 Å². The van der Waals surface area contributed by atoms with Crippen LogP contribution in [0.25, 0.3) is 0 Å². The second-order valence-electron chi connectivity index (χ2n) is 8.29. The van der Waals surface area contributed by atoms with Crippen molar-refractivity contribution >= 4 is 28.9 Å². The number of benzene rings is 2. The Morgan fingerprint density at radius 1 is 1.08 bits per heavy atom. The fourth-order valence-electron chi connectivity index (χ4n) is 3.83. The van der Waals surface area contributed by atoms with Crippen LogP contribution < -0.4 is 15.5 Å². The maximum Gasteiger partial charge on any atom is 0.390 e. The summed E-state index contributed by atoms with van der Waals surface area (Å²) in [5.41, 5.74) is 0.393. The lowest BCUT2D eigenvalue weighted by Gasteiger charge is -2.37. The normalized spacial score (nSPS) is 14.5. The van der Waals surface area contributed by atoms with E-state index >= 15 is 0 Å². The summed E-state index contributed by atoms with van der Waals surface area (Å²) in [4.78, 5) is 16.4. The lowest BCUT2D eigenvalue weighted by atomic mass is 10.1. The third-order valence-corrected chi connectivity index (χ3v) is 6.00. The van der Waals surface area contributed by atoms with Crippen molar-refractivity contribution in [2.45, 2.75) is 25.6 Å². The predicted octanol–water partition coefficient (Wildman–Crippen LogP) is 4.95. The van der Waals surface area contributed by atoms with Crippen LogP contribution in [0.3, 0.4) is 0 Å². The molecule has 194 valence electrons. The highest BCUT2D eigenvalue weighted by atomic mass is 35.5. The van der Waals surface area contributed by atoms with Gasteiger partial charge >= 0.3 is 6.18 Å². The van der Waals surface area contributed by atoms with Crippen molar-refractivity contribution in [2.24, 2.45) is 0 Å². The first-order valence-electron chi connectivity index (χ1n) is 11.3. The summed E-state index contributed by atoms with van der Waals surface area (Å²) >= 11 is 6.13. The summed E-state index contributed by atoms with van der Waals surface area (Å²) in [5.74, 6) is -3.30. The molecular formula is C24H25ClF5N5O. The van der Waals surface area contributed by atoms with Crippen molar-refractivity contribution in [3.8, 4) is 6.07 Å². The van der Waals surface area contributed by atoms with Gasteiger partial charge in [-0.1, -0.05) is 17.7 Å². The fraction of sp³-hybridized carbons (Fsp3) is 0.417. The number of carbonyl (C=O) groups is 1. The Kier molecular flexibility index (Phi) is 9.48. The SMILES string of the molecule is N#CCCNCc1ccc(C(=O)Nc2ccc(Cl)cc2N2CCN(CCC(F)(F)F)CC2)c(F)c1F. The molecule has 1 amide bonds. The van der Waals surface area contributed by atoms with E-state index in [1.54, 1.807) is 11.0 Å². The molecule has 1 heterocycles. The van der Waals surface area contributed by atoms with Gasteiger partial charge in [-0.05, 0) is 24.3 Å². The van der Waals surface area contributed by atoms with Gasteiger partial charge in [0.15, 0.2) is 11.6 Å². The molecule has 0 atom stereocenters. The van der Waals surface area contributed by atoms with Crippen LogP contribution in [0.1, 0.15) is 28.8 Å². The van der Waals surface area contributed by atoms with E-state index in [9.17, 15) is 26.7 Å². The van der Waals surface area contributed by atoms with Gasteiger partial charge in [-0.15, -0.1) is 0 Å². The molecule has 1 fully saturated rings. The Morgan fingerprint density at radius 3 is 2.47 bits per heavy atom. The zero-order valence-corrected chi connectivity index (χ0v) is 20.0. The lowest BCUT2D eigenvalue weighted by molar-refractivity contribution is -0.138.